The summed E-state index contributed by atoms with van der Waals surface area (Å²) in [4.78, 5) is 11.4. The molecule has 2 rings (SSSR count). The summed E-state index contributed by atoms with van der Waals surface area (Å²) in [7, 11) is 0. The smallest absolute Gasteiger partial charge is 0.160 e. The molecule has 0 saturated carbocycles. The van der Waals surface area contributed by atoms with Crippen LogP contribution >= 0.6 is 27.3 Å². The Hall–Kier alpha value is -0.190. The van der Waals surface area contributed by atoms with E-state index in [1.165, 1.54) is 22.5 Å². The van der Waals surface area contributed by atoms with Crippen LogP contribution < -0.4 is 5.32 Å². The van der Waals surface area contributed by atoms with E-state index in [-0.39, 0.29) is 0 Å². The van der Waals surface area contributed by atoms with Crippen LogP contribution in [0.25, 0.3) is 0 Å². The van der Waals surface area contributed by atoms with Crippen molar-refractivity contribution in [3.8, 4) is 0 Å². The van der Waals surface area contributed by atoms with Gasteiger partial charge >= 0.3 is 0 Å². The van der Waals surface area contributed by atoms with Gasteiger partial charge in [-0.2, -0.15) is 0 Å². The molecule has 11 heavy (non-hydrogen) atoms. The second-order valence-corrected chi connectivity index (χ2v) is 4.79. The summed E-state index contributed by atoms with van der Waals surface area (Å²) in [5, 5.41) is 3.20. The molecule has 2 heterocycles. The van der Waals surface area contributed by atoms with Crippen molar-refractivity contribution >= 4 is 33.6 Å². The summed E-state index contributed by atoms with van der Waals surface area (Å²) >= 11 is 4.95. The van der Waals surface area contributed by atoms with Crippen molar-refractivity contribution in [2.75, 3.05) is 0 Å². The van der Waals surface area contributed by atoms with Gasteiger partial charge in [-0.3, -0.25) is 4.79 Å². The summed E-state index contributed by atoms with van der Waals surface area (Å²) in [6.45, 7) is 1.73. The van der Waals surface area contributed by atoms with E-state index in [9.17, 15) is 4.79 Å². The van der Waals surface area contributed by atoms with Gasteiger partial charge in [0.2, 0.25) is 0 Å². The highest BCUT2D eigenvalue weighted by molar-refractivity contribution is 9.11. The van der Waals surface area contributed by atoms with Gasteiger partial charge in [0, 0.05) is 13.1 Å². The van der Waals surface area contributed by atoms with Gasteiger partial charge in [-0.1, -0.05) is 0 Å². The number of halogens is 1. The Morgan fingerprint density at radius 1 is 1.45 bits per heavy atom. The maximum absolute atomic E-state index is 10.5. The molecule has 0 amide bonds. The summed E-state index contributed by atoms with van der Waals surface area (Å²) < 4.78 is 1.10. The Morgan fingerprint density at radius 3 is 2.91 bits per heavy atom. The molecule has 1 aliphatic rings. The third kappa shape index (κ3) is 1.06. The molecule has 58 valence electrons. The van der Waals surface area contributed by atoms with Gasteiger partial charge in [0.25, 0.3) is 0 Å². The van der Waals surface area contributed by atoms with Crippen LogP contribution in [0.2, 0.25) is 0 Å². The van der Waals surface area contributed by atoms with E-state index in [1.54, 1.807) is 0 Å². The van der Waals surface area contributed by atoms with Gasteiger partial charge in [0.05, 0.1) is 8.66 Å². The summed E-state index contributed by atoms with van der Waals surface area (Å²) in [5.41, 5.74) is 2.44. The average Bonchev–Trinajstić information content (AvgIpc) is 2.54. The van der Waals surface area contributed by atoms with E-state index in [1.807, 2.05) is 0 Å². The van der Waals surface area contributed by atoms with Crippen LogP contribution in [0.5, 0.6) is 0 Å². The van der Waals surface area contributed by atoms with Crippen LogP contribution in [0.4, 0.5) is 0 Å². The van der Waals surface area contributed by atoms with Crippen molar-refractivity contribution < 1.29 is 4.79 Å². The predicted molar refractivity (Wildman–Crippen MR) is 48.0 cm³/mol. The Balaban J connectivity index is 2.60. The minimum Gasteiger partial charge on any atom is -0.308 e. The van der Waals surface area contributed by atoms with E-state index >= 15 is 0 Å². The lowest BCUT2D eigenvalue weighted by molar-refractivity contribution is 0.112. The minimum absolute atomic E-state index is 0.839. The number of thiophene rings is 1. The highest BCUT2D eigenvalue weighted by Gasteiger charge is 2.19. The Kier molecular flexibility index (Phi) is 1.83. The first kappa shape index (κ1) is 7.46. The molecular weight excluding hydrogens is 226 g/mol. The van der Waals surface area contributed by atoms with Crippen molar-refractivity contribution in [3.05, 3.63) is 19.8 Å². The normalized spacial score (nSPS) is 15.0. The summed E-state index contributed by atoms with van der Waals surface area (Å²) in [5.74, 6) is 0. The zero-order valence-corrected chi connectivity index (χ0v) is 8.09. The molecular formula is C7H6BrNOS. The van der Waals surface area contributed by atoms with E-state index < -0.39 is 0 Å². The second kappa shape index (κ2) is 2.69. The fourth-order valence-electron chi connectivity index (χ4n) is 1.26. The molecule has 1 aromatic rings. The molecule has 0 atom stereocenters. The van der Waals surface area contributed by atoms with Crippen LogP contribution in [-0.4, -0.2) is 6.29 Å². The van der Waals surface area contributed by atoms with E-state index in [2.05, 4.69) is 21.2 Å². The topological polar surface area (TPSA) is 29.1 Å². The first-order chi connectivity index (χ1) is 5.33. The van der Waals surface area contributed by atoms with Gasteiger partial charge < -0.3 is 5.32 Å². The molecule has 1 aliphatic heterocycles. The van der Waals surface area contributed by atoms with Crippen LogP contribution in [0.1, 0.15) is 20.8 Å². The second-order valence-electron chi connectivity index (χ2n) is 2.42. The van der Waals surface area contributed by atoms with Crippen LogP contribution in [0, 0.1) is 0 Å². The Labute approximate surface area is 76.7 Å². The molecule has 2 nitrogen and oxygen atoms in total. The van der Waals surface area contributed by atoms with Gasteiger partial charge in [-0.05, 0) is 27.1 Å². The quantitative estimate of drug-likeness (QED) is 0.749. The highest BCUT2D eigenvalue weighted by Crippen LogP contribution is 2.34. The van der Waals surface area contributed by atoms with Crippen molar-refractivity contribution in [1.29, 1.82) is 0 Å². The monoisotopic (exact) mass is 231 g/mol. The maximum Gasteiger partial charge on any atom is 0.160 e. The molecule has 0 radical (unpaired) electrons. The number of hydrogen-bond donors (Lipinski definition) is 1. The maximum atomic E-state index is 10.5. The largest absolute Gasteiger partial charge is 0.308 e. The number of nitrogens with one attached hydrogen (secondary N) is 1. The predicted octanol–water partition coefficient (Wildman–Crippen LogP) is 1.93. The number of hydrogen-bond acceptors (Lipinski definition) is 3. The summed E-state index contributed by atoms with van der Waals surface area (Å²) in [6, 6.07) is 0. The third-order valence-corrected chi connectivity index (χ3v) is 3.76. The number of fused-ring (bicyclic) bond motifs is 1. The zero-order valence-electron chi connectivity index (χ0n) is 5.69. The molecule has 0 spiro atoms. The molecule has 0 saturated heterocycles. The van der Waals surface area contributed by atoms with Gasteiger partial charge in [-0.15, -0.1) is 11.3 Å². The van der Waals surface area contributed by atoms with E-state index in [0.717, 1.165) is 28.0 Å². The van der Waals surface area contributed by atoms with Crippen molar-refractivity contribution in [3.63, 3.8) is 0 Å². The number of rotatable bonds is 1. The average molecular weight is 232 g/mol. The van der Waals surface area contributed by atoms with Crippen LogP contribution in [0.3, 0.4) is 0 Å². The molecule has 4 heteroatoms. The van der Waals surface area contributed by atoms with Crippen molar-refractivity contribution in [1.82, 2.24) is 5.32 Å². The molecule has 0 aromatic carbocycles. The van der Waals surface area contributed by atoms with E-state index in [0.29, 0.717) is 0 Å². The molecule has 0 aliphatic carbocycles. The molecule has 1 N–H and O–H groups in total. The van der Waals surface area contributed by atoms with Crippen molar-refractivity contribution in [2.45, 2.75) is 13.1 Å². The highest BCUT2D eigenvalue weighted by atomic mass is 79.9. The van der Waals surface area contributed by atoms with E-state index in [4.69, 9.17) is 0 Å². The van der Waals surface area contributed by atoms with Crippen LogP contribution in [-0.2, 0) is 13.1 Å². The lowest BCUT2D eigenvalue weighted by Crippen LogP contribution is -2.01. The first-order valence-corrected chi connectivity index (χ1v) is 4.90. The minimum atomic E-state index is 0.839. The van der Waals surface area contributed by atoms with Crippen molar-refractivity contribution in [2.24, 2.45) is 0 Å². The number of aldehydes is 1. The van der Waals surface area contributed by atoms with Crippen LogP contribution in [0.15, 0.2) is 3.79 Å². The SMILES string of the molecule is O=Cc1sc(Br)c2c1CNC2. The summed E-state index contributed by atoms with van der Waals surface area (Å²) in [6.07, 6.45) is 0.932. The van der Waals surface area contributed by atoms with Gasteiger partial charge in [-0.25, -0.2) is 0 Å². The lowest BCUT2D eigenvalue weighted by atomic mass is 10.2. The zero-order chi connectivity index (χ0) is 7.84. The standard InChI is InChI=1S/C7H6BrNOS/c8-7-5-2-9-1-4(5)6(3-10)11-7/h3,9H,1-2H2. The number of carbonyl (C=O) groups is 1. The van der Waals surface area contributed by atoms with Gasteiger partial charge in [0.15, 0.2) is 6.29 Å². The fraction of sp³-hybridized carbons (Fsp3) is 0.286. The first-order valence-electron chi connectivity index (χ1n) is 3.29. The fourth-order valence-corrected chi connectivity index (χ4v) is 3.05. The molecule has 0 unspecified atom stereocenters. The number of carbonyl (C=O) groups excluding carboxylic acids is 1. The molecule has 0 fully saturated rings. The lowest BCUT2D eigenvalue weighted by Gasteiger charge is -1.87. The molecule has 1 aromatic heterocycles. The Morgan fingerprint density at radius 2 is 2.18 bits per heavy atom. The molecule has 0 bridgehead atoms. The van der Waals surface area contributed by atoms with Gasteiger partial charge in [0.1, 0.15) is 0 Å². The third-order valence-electron chi connectivity index (χ3n) is 1.81. The Bertz CT molecular complexity index is 308.